The Hall–Kier alpha value is -18.4. The number of fused-ring (bicyclic) bond motifs is 8. The van der Waals surface area contributed by atoms with Gasteiger partial charge in [-0.2, -0.15) is 0 Å². The minimum absolute atomic E-state index is 0.0264. The Morgan fingerprint density at radius 3 is 0.985 bits per heavy atom. The van der Waals surface area contributed by atoms with Crippen LogP contribution < -0.4 is 29.1 Å². The predicted octanol–water partition coefficient (Wildman–Crippen LogP) is 22.5. The number of carbonyl (C=O) groups excluding carboxylic acids is 10. The van der Waals surface area contributed by atoms with Crippen LogP contribution in [0, 0.1) is 0 Å². The zero-order valence-electron chi connectivity index (χ0n) is 70.7. The fourth-order valence-corrected chi connectivity index (χ4v) is 20.1. The van der Waals surface area contributed by atoms with E-state index in [1.54, 1.807) is 38.1 Å². The molecular formula is C112H67N9O12. The minimum atomic E-state index is -1.30. The van der Waals surface area contributed by atoms with Gasteiger partial charge in [-0.15, -0.1) is 0 Å². The van der Waals surface area contributed by atoms with Gasteiger partial charge in [-0.05, 0) is 174 Å². The van der Waals surface area contributed by atoms with E-state index in [4.69, 9.17) is 14.5 Å². The standard InChI is InChI=1S/C112H67N9O12/c1-5-97(122)132-95-51-41-65(54-93(95)120-108(128)81-47-43-77-99-78(44-48-82(101(81)99)109(120)129)105(125)118(104(77)124)71-59-68(115-87-36-20-14-30-73(87)74-31-15-21-37-88(74)115)56-69(60-71)116-89-38-22-16-32-75(89)76-33-17-23-39-90(76)116)112(3,4)66-42-52-96(133-98(123)6-2)94(55-66)121-110(130)83-49-45-79-100-80(46-50-84(102(83)100)111(121)131)107(127)119(106(79)126)72-58-67(114-86-35-19-13-29-64(86)53-92(114)62-25-9-7-10-26-62)57-70(61-72)117-91-40-24-18-34-85(91)113-103(117)63-27-11-8-12-28-63/h5-61H,1-2H2,3-4H3. The summed E-state index contributed by atoms with van der Waals surface area (Å²) in [4.78, 5) is 163. The lowest BCUT2D eigenvalue weighted by molar-refractivity contribution is -0.129. The second-order valence-electron chi connectivity index (χ2n) is 33.7. The molecule has 0 aliphatic carbocycles. The quantitative estimate of drug-likeness (QED) is 0.0379. The highest BCUT2D eigenvalue weighted by Crippen LogP contribution is 2.50. The summed E-state index contributed by atoms with van der Waals surface area (Å²) in [6, 6.07) is 102. The van der Waals surface area contributed by atoms with Crippen LogP contribution in [-0.2, 0) is 15.0 Å². The Kier molecular flexibility index (Phi) is 17.2. The van der Waals surface area contributed by atoms with Gasteiger partial charge in [0.2, 0.25) is 0 Å². The zero-order valence-corrected chi connectivity index (χ0v) is 70.7. The first-order chi connectivity index (χ1) is 64.8. The van der Waals surface area contributed by atoms with Crippen LogP contribution in [0.2, 0.25) is 0 Å². The van der Waals surface area contributed by atoms with E-state index in [9.17, 15) is 9.59 Å². The van der Waals surface area contributed by atoms with E-state index in [1.165, 1.54) is 72.8 Å². The van der Waals surface area contributed by atoms with Gasteiger partial charge in [-0.1, -0.05) is 203 Å². The maximum Gasteiger partial charge on any atom is 0.335 e. The molecule has 21 nitrogen and oxygen atoms in total. The van der Waals surface area contributed by atoms with Gasteiger partial charge in [0.25, 0.3) is 47.3 Å². The molecule has 4 aliphatic heterocycles. The summed E-state index contributed by atoms with van der Waals surface area (Å²) in [5, 5.41) is 5.20. The predicted molar refractivity (Wildman–Crippen MR) is 513 cm³/mol. The van der Waals surface area contributed by atoms with Gasteiger partial charge in [-0.3, -0.25) is 42.9 Å². The smallest absolute Gasteiger partial charge is 0.335 e. The summed E-state index contributed by atoms with van der Waals surface area (Å²) in [5.41, 5.74) is 10.3. The number of carbonyl (C=O) groups is 10. The minimum Gasteiger partial charge on any atom is -0.421 e. The topological polar surface area (TPSA) is 235 Å². The first-order valence-electron chi connectivity index (χ1n) is 43.0. The van der Waals surface area contributed by atoms with Crippen molar-refractivity contribution in [3.05, 3.63) is 415 Å². The van der Waals surface area contributed by atoms with Crippen molar-refractivity contribution in [2.75, 3.05) is 19.6 Å². The van der Waals surface area contributed by atoms with E-state index in [0.29, 0.717) is 45.2 Å². The molecule has 16 aromatic carbocycles. The number of ether oxygens (including phenoxy) is 2. The number of anilines is 4. The van der Waals surface area contributed by atoms with Gasteiger partial charge in [0, 0.05) is 116 Å². The van der Waals surface area contributed by atoms with Crippen molar-refractivity contribution in [2.24, 2.45) is 0 Å². The number of para-hydroxylation sites is 7. The van der Waals surface area contributed by atoms with E-state index in [1.807, 2.05) is 205 Å². The number of imidazole rings is 1. The van der Waals surface area contributed by atoms with E-state index in [2.05, 4.69) is 63.3 Å². The van der Waals surface area contributed by atoms with Crippen molar-refractivity contribution in [3.8, 4) is 56.9 Å². The maximum atomic E-state index is 15.9. The maximum absolute atomic E-state index is 15.9. The second kappa shape index (κ2) is 29.3. The van der Waals surface area contributed by atoms with Crippen molar-refractivity contribution in [3.63, 3.8) is 0 Å². The number of rotatable bonds is 16. The van der Waals surface area contributed by atoms with Crippen LogP contribution in [0.3, 0.4) is 0 Å². The Balaban J connectivity index is 0.581. The summed E-state index contributed by atoms with van der Waals surface area (Å²) in [7, 11) is 0. The molecule has 0 atom stereocenters. The second-order valence-corrected chi connectivity index (χ2v) is 33.7. The van der Waals surface area contributed by atoms with E-state index < -0.39 is 64.6 Å². The molecule has 4 aromatic heterocycles. The Morgan fingerprint density at radius 2 is 0.602 bits per heavy atom. The van der Waals surface area contributed by atoms with Gasteiger partial charge in [-0.25, -0.2) is 34.2 Å². The van der Waals surface area contributed by atoms with Gasteiger partial charge >= 0.3 is 11.9 Å². The summed E-state index contributed by atoms with van der Waals surface area (Å²) < 4.78 is 20.1. The molecule has 4 aliphatic rings. The van der Waals surface area contributed by atoms with Crippen LogP contribution in [0.1, 0.15) is 108 Å². The number of benzene rings is 16. The number of hydrogen-bond acceptors (Lipinski definition) is 13. The molecule has 0 fully saturated rings. The molecule has 0 N–H and O–H groups in total. The number of imide groups is 4. The van der Waals surface area contributed by atoms with Crippen LogP contribution in [0.15, 0.2) is 359 Å². The molecule has 8 heterocycles. The van der Waals surface area contributed by atoms with Crippen LogP contribution in [0.4, 0.5) is 22.7 Å². The van der Waals surface area contributed by atoms with Gasteiger partial charge in [0.1, 0.15) is 5.82 Å². The largest absolute Gasteiger partial charge is 0.421 e. The first kappa shape index (κ1) is 78.1. The molecule has 8 amide bonds. The molecular weight excluding hydrogens is 1660 g/mol. The Labute approximate surface area is 755 Å². The highest BCUT2D eigenvalue weighted by molar-refractivity contribution is 6.44. The average Bonchev–Trinajstić information content (AvgIpc) is 1.22. The number of amides is 8. The Morgan fingerprint density at radius 1 is 0.293 bits per heavy atom. The van der Waals surface area contributed by atoms with Crippen LogP contribution in [0.5, 0.6) is 11.5 Å². The van der Waals surface area contributed by atoms with Crippen molar-refractivity contribution < 1.29 is 57.4 Å². The Bertz CT molecular complexity index is 8290. The highest BCUT2D eigenvalue weighted by atomic mass is 16.5. The molecule has 632 valence electrons. The van der Waals surface area contributed by atoms with Crippen LogP contribution >= 0.6 is 0 Å². The lowest BCUT2D eigenvalue weighted by Gasteiger charge is -2.34. The lowest BCUT2D eigenvalue weighted by Crippen LogP contribution is -2.44. The summed E-state index contributed by atoms with van der Waals surface area (Å²) in [6.45, 7) is 10.8. The molecule has 21 heteroatoms. The number of hydrogen-bond donors (Lipinski definition) is 0. The molecule has 0 radical (unpaired) electrons. The van der Waals surface area contributed by atoms with E-state index in [0.717, 1.165) is 109 Å². The number of esters is 2. The number of aromatic nitrogens is 5. The molecule has 0 saturated carbocycles. The van der Waals surface area contributed by atoms with E-state index in [-0.39, 0.29) is 100 Å². The summed E-state index contributed by atoms with van der Waals surface area (Å²) in [6.07, 6.45) is 1.84. The van der Waals surface area contributed by atoms with Crippen LogP contribution in [-0.4, -0.2) is 82.4 Å². The average molecular weight is 1730 g/mol. The monoisotopic (exact) mass is 1730 g/mol. The fraction of sp³-hybridized carbons (Fsp3) is 0.0268. The fourth-order valence-electron chi connectivity index (χ4n) is 20.1. The molecule has 20 aromatic rings. The van der Waals surface area contributed by atoms with Crippen molar-refractivity contribution in [1.29, 1.82) is 0 Å². The third kappa shape index (κ3) is 11.6. The van der Waals surface area contributed by atoms with Crippen molar-refractivity contribution >= 4 is 169 Å². The van der Waals surface area contributed by atoms with E-state index >= 15 is 38.4 Å². The van der Waals surface area contributed by atoms with Crippen molar-refractivity contribution in [1.82, 2.24) is 23.3 Å². The molecule has 0 bridgehead atoms. The highest BCUT2D eigenvalue weighted by Gasteiger charge is 2.46. The van der Waals surface area contributed by atoms with Gasteiger partial charge < -0.3 is 23.2 Å². The van der Waals surface area contributed by atoms with Gasteiger partial charge in [0.05, 0.1) is 89.8 Å². The first-order valence-corrected chi connectivity index (χ1v) is 43.0. The molecule has 24 rings (SSSR count). The third-order valence-corrected chi connectivity index (χ3v) is 26.2. The van der Waals surface area contributed by atoms with Crippen LogP contribution in [0.25, 0.3) is 132 Å². The molecule has 0 spiro atoms. The molecule has 133 heavy (non-hydrogen) atoms. The van der Waals surface area contributed by atoms with Gasteiger partial charge in [0.15, 0.2) is 11.5 Å². The SMILES string of the molecule is C=CC(=O)Oc1ccc(C(C)(C)c2ccc(OC(=O)C=C)c(N3C(=O)c4ccc5c6c(ccc(c46)C3=O)C(=O)N(c3cc(-n4c6ccccc6c6ccccc64)cc(-n4c6ccccc6c6ccccc64)c3)C5=O)c2)cc1N1C(=O)c2ccc3c4c(ccc(c24)C1=O)C(=O)N(c1cc(-n2c(-c4ccccc4)cc4ccccc42)cc(-n2c(-c4ccccc4)nc4ccccc42)c1)C3=O. The summed E-state index contributed by atoms with van der Waals surface area (Å²) in [5.74, 6) is -8.26. The third-order valence-electron chi connectivity index (χ3n) is 26.2. The number of nitrogens with zero attached hydrogens (tertiary/aromatic N) is 9. The summed E-state index contributed by atoms with van der Waals surface area (Å²) >= 11 is 0. The van der Waals surface area contributed by atoms with Crippen molar-refractivity contribution in [2.45, 2.75) is 19.3 Å². The zero-order chi connectivity index (χ0) is 90.4. The molecule has 0 saturated heterocycles. The normalized spacial score (nSPS) is 13.7. The lowest BCUT2D eigenvalue weighted by atomic mass is 9.77. The molecule has 0 unspecified atom stereocenters.